The molecule has 1 N–H and O–H groups in total. The van der Waals surface area contributed by atoms with Crippen molar-refractivity contribution in [2.24, 2.45) is 0 Å². The number of fused-ring (bicyclic) bond motifs is 1. The molecule has 4 rings (SSSR count). The Hall–Kier alpha value is -3.95. The lowest BCUT2D eigenvalue weighted by Gasteiger charge is -2.09. The number of ether oxygens (including phenoxy) is 1. The number of nitrogens with zero attached hydrogens (tertiary/aromatic N) is 1. The number of anilines is 1. The average molecular weight is 434 g/mol. The molecule has 1 heterocycles. The zero-order valence-corrected chi connectivity index (χ0v) is 15.6. The van der Waals surface area contributed by atoms with Gasteiger partial charge in [0, 0.05) is 11.3 Å². The van der Waals surface area contributed by atoms with Gasteiger partial charge in [-0.05, 0) is 42.5 Å². The number of oxazole rings is 1. The topological polar surface area (TPSA) is 64.4 Å². The summed E-state index contributed by atoms with van der Waals surface area (Å²) in [6.07, 6.45) is 0. The molecule has 0 aliphatic carbocycles. The second-order valence-electron chi connectivity index (χ2n) is 6.33. The Bertz CT molecular complexity index is 1290. The van der Waals surface area contributed by atoms with Crippen molar-refractivity contribution in [2.45, 2.75) is 0 Å². The van der Waals surface area contributed by atoms with Crippen molar-refractivity contribution in [2.75, 3.05) is 12.4 Å². The van der Waals surface area contributed by atoms with Crippen LogP contribution in [0.4, 0.5) is 27.6 Å². The lowest BCUT2D eigenvalue weighted by molar-refractivity contribution is 0.101. The molecule has 1 amide bonds. The van der Waals surface area contributed by atoms with E-state index >= 15 is 0 Å². The number of benzene rings is 3. The number of carbonyl (C=O) groups excluding carboxylic acids is 1. The number of rotatable bonds is 4. The van der Waals surface area contributed by atoms with Crippen LogP contribution in [0.5, 0.6) is 5.75 Å². The molecule has 0 unspecified atom stereocenters. The van der Waals surface area contributed by atoms with Gasteiger partial charge in [-0.2, -0.15) is 0 Å². The van der Waals surface area contributed by atoms with Crippen molar-refractivity contribution >= 4 is 22.7 Å². The van der Waals surface area contributed by atoms with Gasteiger partial charge in [-0.3, -0.25) is 4.79 Å². The molecule has 10 heteroatoms. The molecule has 158 valence electrons. The summed E-state index contributed by atoms with van der Waals surface area (Å²) in [5, 5.41) is 2.10. The summed E-state index contributed by atoms with van der Waals surface area (Å²) in [4.78, 5) is 16.5. The molecule has 3 aromatic carbocycles. The minimum atomic E-state index is -2.35. The maximum atomic E-state index is 13.8. The number of aromatic nitrogens is 1. The van der Waals surface area contributed by atoms with E-state index in [1.165, 1.54) is 25.3 Å². The molecule has 1 aromatic heterocycles. The number of hydrogen-bond donors (Lipinski definition) is 1. The summed E-state index contributed by atoms with van der Waals surface area (Å²) in [5.74, 6) is -11.8. The highest BCUT2D eigenvalue weighted by Crippen LogP contribution is 2.28. The van der Waals surface area contributed by atoms with E-state index in [0.717, 1.165) is 0 Å². The molecule has 0 saturated carbocycles. The van der Waals surface area contributed by atoms with Gasteiger partial charge in [-0.1, -0.05) is 0 Å². The molecule has 0 spiro atoms. The Morgan fingerprint density at radius 2 is 1.52 bits per heavy atom. The van der Waals surface area contributed by atoms with E-state index in [2.05, 4.69) is 10.3 Å². The first kappa shape index (κ1) is 20.3. The number of halogens is 5. The van der Waals surface area contributed by atoms with Crippen LogP contribution in [0.1, 0.15) is 10.4 Å². The standard InChI is InChI=1S/C21H11F5N2O3/c1-30-11-5-2-9(3-6-11)21-28-12-8-10(4-7-13(12)31-21)27-20(29)14-15(22)17(24)19(26)18(25)16(14)23/h2-8H,1H3,(H,27,29). The highest BCUT2D eigenvalue weighted by Gasteiger charge is 2.29. The second-order valence-corrected chi connectivity index (χ2v) is 6.33. The third kappa shape index (κ3) is 3.56. The van der Waals surface area contributed by atoms with Gasteiger partial charge >= 0.3 is 0 Å². The zero-order chi connectivity index (χ0) is 22.3. The Morgan fingerprint density at radius 1 is 0.903 bits per heavy atom. The highest BCUT2D eigenvalue weighted by atomic mass is 19.2. The van der Waals surface area contributed by atoms with Gasteiger partial charge in [0.2, 0.25) is 11.7 Å². The second kappa shape index (κ2) is 7.71. The third-order valence-electron chi connectivity index (χ3n) is 4.42. The number of methoxy groups -OCH3 is 1. The first-order valence-corrected chi connectivity index (χ1v) is 8.68. The summed E-state index contributed by atoms with van der Waals surface area (Å²) in [7, 11) is 1.52. The largest absolute Gasteiger partial charge is 0.497 e. The quantitative estimate of drug-likeness (QED) is 0.264. The van der Waals surface area contributed by atoms with E-state index in [4.69, 9.17) is 9.15 Å². The van der Waals surface area contributed by atoms with Gasteiger partial charge in [0.15, 0.2) is 28.9 Å². The van der Waals surface area contributed by atoms with E-state index in [1.54, 1.807) is 24.3 Å². The number of carbonyl (C=O) groups is 1. The molecule has 0 aliphatic heterocycles. The van der Waals surface area contributed by atoms with Gasteiger partial charge in [0.05, 0.1) is 7.11 Å². The summed E-state index contributed by atoms with van der Waals surface area (Å²) in [6.45, 7) is 0. The average Bonchev–Trinajstić information content (AvgIpc) is 3.20. The van der Waals surface area contributed by atoms with Crippen LogP contribution in [0, 0.1) is 29.1 Å². The predicted octanol–water partition coefficient (Wildman–Crippen LogP) is 5.45. The summed E-state index contributed by atoms with van der Waals surface area (Å²) < 4.78 is 78.2. The van der Waals surface area contributed by atoms with E-state index < -0.39 is 40.6 Å². The number of hydrogen-bond acceptors (Lipinski definition) is 4. The van der Waals surface area contributed by atoms with E-state index in [-0.39, 0.29) is 11.6 Å². The van der Waals surface area contributed by atoms with Crippen molar-refractivity contribution in [1.82, 2.24) is 4.98 Å². The van der Waals surface area contributed by atoms with E-state index in [9.17, 15) is 26.7 Å². The fourth-order valence-electron chi connectivity index (χ4n) is 2.86. The van der Waals surface area contributed by atoms with Crippen LogP contribution in [0.3, 0.4) is 0 Å². The van der Waals surface area contributed by atoms with Crippen LogP contribution in [-0.4, -0.2) is 18.0 Å². The van der Waals surface area contributed by atoms with Gasteiger partial charge in [0.1, 0.15) is 16.8 Å². The molecule has 0 saturated heterocycles. The Balaban J connectivity index is 1.64. The van der Waals surface area contributed by atoms with Crippen LogP contribution < -0.4 is 10.1 Å². The summed E-state index contributed by atoms with van der Waals surface area (Å²) >= 11 is 0. The van der Waals surface area contributed by atoms with Crippen molar-refractivity contribution < 1.29 is 35.9 Å². The molecule has 0 aliphatic rings. The van der Waals surface area contributed by atoms with Crippen LogP contribution >= 0.6 is 0 Å². The molecule has 0 radical (unpaired) electrons. The SMILES string of the molecule is COc1ccc(-c2nc3cc(NC(=O)c4c(F)c(F)c(F)c(F)c4F)ccc3o2)cc1. The van der Waals surface area contributed by atoms with Crippen LogP contribution in [0.15, 0.2) is 46.9 Å². The van der Waals surface area contributed by atoms with Crippen LogP contribution in [0.2, 0.25) is 0 Å². The van der Waals surface area contributed by atoms with Crippen LogP contribution in [0.25, 0.3) is 22.6 Å². The minimum Gasteiger partial charge on any atom is -0.497 e. The number of amides is 1. The Labute approximate surface area is 171 Å². The fraction of sp³-hybridized carbons (Fsp3) is 0.0476. The maximum absolute atomic E-state index is 13.8. The lowest BCUT2D eigenvalue weighted by Crippen LogP contribution is -2.19. The molecule has 4 aromatic rings. The monoisotopic (exact) mass is 434 g/mol. The zero-order valence-electron chi connectivity index (χ0n) is 15.6. The Kier molecular flexibility index (Phi) is 5.05. The van der Waals surface area contributed by atoms with Crippen molar-refractivity contribution in [1.29, 1.82) is 0 Å². The molecular formula is C21H11F5N2O3. The normalized spacial score (nSPS) is 11.0. The molecule has 0 atom stereocenters. The molecular weight excluding hydrogens is 423 g/mol. The smallest absolute Gasteiger partial charge is 0.261 e. The first-order valence-electron chi connectivity index (χ1n) is 8.68. The minimum absolute atomic E-state index is 0.0102. The van der Waals surface area contributed by atoms with Crippen LogP contribution in [-0.2, 0) is 0 Å². The van der Waals surface area contributed by atoms with Crippen molar-refractivity contribution in [3.63, 3.8) is 0 Å². The lowest BCUT2D eigenvalue weighted by atomic mass is 10.1. The predicted molar refractivity (Wildman–Crippen MR) is 100 cm³/mol. The van der Waals surface area contributed by atoms with E-state index in [1.807, 2.05) is 0 Å². The molecule has 0 fully saturated rings. The fourth-order valence-corrected chi connectivity index (χ4v) is 2.86. The molecule has 31 heavy (non-hydrogen) atoms. The highest BCUT2D eigenvalue weighted by molar-refractivity contribution is 6.05. The van der Waals surface area contributed by atoms with Crippen molar-refractivity contribution in [3.05, 3.63) is 77.1 Å². The number of nitrogens with one attached hydrogen (secondary N) is 1. The van der Waals surface area contributed by atoms with Crippen molar-refractivity contribution in [3.8, 4) is 17.2 Å². The van der Waals surface area contributed by atoms with Gasteiger partial charge in [0.25, 0.3) is 5.91 Å². The Morgan fingerprint density at radius 3 is 2.13 bits per heavy atom. The summed E-state index contributed by atoms with van der Waals surface area (Å²) in [6, 6.07) is 10.9. The summed E-state index contributed by atoms with van der Waals surface area (Å²) in [5.41, 5.74) is -0.295. The van der Waals surface area contributed by atoms with Gasteiger partial charge < -0.3 is 14.5 Å². The third-order valence-corrected chi connectivity index (χ3v) is 4.42. The van der Waals surface area contributed by atoms with Gasteiger partial charge in [-0.15, -0.1) is 0 Å². The van der Waals surface area contributed by atoms with E-state index in [0.29, 0.717) is 22.4 Å². The molecule has 5 nitrogen and oxygen atoms in total. The molecule has 0 bridgehead atoms. The first-order chi connectivity index (χ1) is 14.8. The maximum Gasteiger partial charge on any atom is 0.261 e. The van der Waals surface area contributed by atoms with Gasteiger partial charge in [-0.25, -0.2) is 26.9 Å².